The fraction of sp³-hybridized carbons (Fsp3) is 0.238. The van der Waals surface area contributed by atoms with Gasteiger partial charge in [0.25, 0.3) is 5.91 Å². The van der Waals surface area contributed by atoms with E-state index in [0.29, 0.717) is 5.76 Å². The minimum atomic E-state index is -3.76. The number of furan rings is 1. The van der Waals surface area contributed by atoms with Crippen LogP contribution in [0.4, 0.5) is 0 Å². The first-order valence-electron chi connectivity index (χ1n) is 9.25. The van der Waals surface area contributed by atoms with Crippen molar-refractivity contribution in [2.45, 2.75) is 17.9 Å². The highest BCUT2D eigenvalue weighted by molar-refractivity contribution is 7.89. The third kappa shape index (κ3) is 5.68. The van der Waals surface area contributed by atoms with Crippen LogP contribution in [-0.2, 0) is 30.9 Å². The number of hydrogen-bond acceptors (Lipinski definition) is 6. The number of carbonyl (C=O) groups excluding carboxylic acids is 2. The summed E-state index contributed by atoms with van der Waals surface area (Å²) in [4.78, 5) is 25.3. The Morgan fingerprint density at radius 3 is 2.57 bits per heavy atom. The molecule has 30 heavy (non-hydrogen) atoms. The van der Waals surface area contributed by atoms with Gasteiger partial charge in [-0.15, -0.1) is 0 Å². The molecule has 3 rings (SSSR count). The predicted molar refractivity (Wildman–Crippen MR) is 110 cm³/mol. The zero-order valence-electron chi connectivity index (χ0n) is 16.4. The van der Waals surface area contributed by atoms with Gasteiger partial charge in [-0.2, -0.15) is 0 Å². The molecule has 3 aromatic rings. The molecule has 0 aliphatic heterocycles. The minimum Gasteiger partial charge on any atom is -0.467 e. The van der Waals surface area contributed by atoms with Crippen molar-refractivity contribution in [1.29, 1.82) is 0 Å². The van der Waals surface area contributed by atoms with Crippen LogP contribution < -0.4 is 4.72 Å². The van der Waals surface area contributed by atoms with Crippen molar-refractivity contribution in [3.63, 3.8) is 0 Å². The van der Waals surface area contributed by atoms with Gasteiger partial charge in [-0.05, 0) is 35.0 Å². The molecule has 1 N–H and O–H groups in total. The van der Waals surface area contributed by atoms with E-state index in [2.05, 4.69) is 4.72 Å². The summed E-state index contributed by atoms with van der Waals surface area (Å²) in [6.45, 7) is -0.299. The first-order chi connectivity index (χ1) is 14.3. The number of hydrogen-bond donors (Lipinski definition) is 1. The van der Waals surface area contributed by atoms with E-state index in [9.17, 15) is 18.0 Å². The lowest BCUT2D eigenvalue weighted by atomic mass is 10.1. The Hall–Kier alpha value is -3.17. The molecule has 8 nitrogen and oxygen atoms in total. The largest absolute Gasteiger partial charge is 0.467 e. The Labute approximate surface area is 174 Å². The van der Waals surface area contributed by atoms with Crippen LogP contribution in [0.25, 0.3) is 10.8 Å². The topological polar surface area (TPSA) is 106 Å². The van der Waals surface area contributed by atoms with Gasteiger partial charge in [0, 0.05) is 13.6 Å². The number of ether oxygens (including phenoxy) is 1. The third-order valence-corrected chi connectivity index (χ3v) is 5.87. The van der Waals surface area contributed by atoms with Crippen molar-refractivity contribution >= 4 is 32.7 Å². The normalized spacial score (nSPS) is 11.4. The van der Waals surface area contributed by atoms with Crippen LogP contribution in [0, 0.1) is 0 Å². The second-order valence-electron chi connectivity index (χ2n) is 6.65. The van der Waals surface area contributed by atoms with Gasteiger partial charge in [0.05, 0.1) is 24.1 Å². The van der Waals surface area contributed by atoms with E-state index in [0.717, 1.165) is 10.8 Å². The van der Waals surface area contributed by atoms with E-state index in [1.165, 1.54) is 17.2 Å². The summed E-state index contributed by atoms with van der Waals surface area (Å²) in [5.41, 5.74) is 0. The quantitative estimate of drug-likeness (QED) is 0.522. The first kappa shape index (κ1) is 21.5. The molecule has 1 aromatic heterocycles. The second kappa shape index (κ2) is 9.55. The summed E-state index contributed by atoms with van der Waals surface area (Å²) in [5.74, 6) is -0.451. The van der Waals surface area contributed by atoms with Crippen molar-refractivity contribution in [2.75, 3.05) is 20.2 Å². The molecule has 158 valence electrons. The molecule has 0 bridgehead atoms. The van der Waals surface area contributed by atoms with Crippen molar-refractivity contribution in [2.24, 2.45) is 0 Å². The van der Waals surface area contributed by atoms with Gasteiger partial charge in [-0.3, -0.25) is 9.59 Å². The van der Waals surface area contributed by atoms with Crippen LogP contribution in [0.15, 0.2) is 70.2 Å². The fourth-order valence-corrected chi connectivity index (χ4v) is 3.82. The molecule has 0 fully saturated rings. The monoisotopic (exact) mass is 430 g/mol. The van der Waals surface area contributed by atoms with Gasteiger partial charge in [0.15, 0.2) is 6.61 Å². The minimum absolute atomic E-state index is 0.115. The number of amides is 1. The van der Waals surface area contributed by atoms with Crippen molar-refractivity contribution in [3.05, 3.63) is 66.6 Å². The average Bonchev–Trinajstić information content (AvgIpc) is 3.24. The Morgan fingerprint density at radius 2 is 1.83 bits per heavy atom. The van der Waals surface area contributed by atoms with E-state index in [4.69, 9.17) is 9.15 Å². The summed E-state index contributed by atoms with van der Waals surface area (Å²) in [7, 11) is -2.20. The van der Waals surface area contributed by atoms with Crippen LogP contribution in [0.1, 0.15) is 12.2 Å². The number of esters is 1. The third-order valence-electron chi connectivity index (χ3n) is 4.41. The maximum atomic E-state index is 12.4. The van der Waals surface area contributed by atoms with Gasteiger partial charge in [0.1, 0.15) is 5.76 Å². The molecule has 0 saturated heterocycles. The zero-order chi connectivity index (χ0) is 21.6. The molecule has 0 aliphatic carbocycles. The predicted octanol–water partition coefficient (Wildman–Crippen LogP) is 2.30. The number of nitrogens with zero attached hydrogens (tertiary/aromatic N) is 1. The van der Waals surface area contributed by atoms with Gasteiger partial charge >= 0.3 is 5.97 Å². The van der Waals surface area contributed by atoms with Crippen molar-refractivity contribution in [1.82, 2.24) is 9.62 Å². The summed E-state index contributed by atoms with van der Waals surface area (Å²) in [6.07, 6.45) is 1.31. The Kier molecular flexibility index (Phi) is 6.86. The van der Waals surface area contributed by atoms with Crippen LogP contribution >= 0.6 is 0 Å². The van der Waals surface area contributed by atoms with Crippen LogP contribution in [0.2, 0.25) is 0 Å². The molecular formula is C21H22N2O6S. The molecule has 1 amide bonds. The number of benzene rings is 2. The highest BCUT2D eigenvalue weighted by atomic mass is 32.2. The van der Waals surface area contributed by atoms with Crippen LogP contribution in [0.5, 0.6) is 0 Å². The number of nitrogens with one attached hydrogen (secondary N) is 1. The lowest BCUT2D eigenvalue weighted by molar-refractivity contribution is -0.151. The highest BCUT2D eigenvalue weighted by Crippen LogP contribution is 2.18. The standard InChI is InChI=1S/C21H22N2O6S/c1-23(14-18-7-4-12-28-18)20(24)15-29-21(25)10-11-22-30(26,27)19-9-8-16-5-2-3-6-17(16)13-19/h2-9,12-13,22H,10-11,14-15H2,1H3. The molecule has 0 radical (unpaired) electrons. The maximum absolute atomic E-state index is 12.4. The number of likely N-dealkylation sites (N-methyl/N-ethyl adjacent to an activating group) is 1. The molecule has 0 aliphatic rings. The van der Waals surface area contributed by atoms with Gasteiger partial charge in [-0.1, -0.05) is 30.3 Å². The van der Waals surface area contributed by atoms with E-state index in [1.807, 2.05) is 24.3 Å². The lowest BCUT2D eigenvalue weighted by Gasteiger charge is -2.15. The van der Waals surface area contributed by atoms with E-state index >= 15 is 0 Å². The molecule has 0 atom stereocenters. The summed E-state index contributed by atoms with van der Waals surface area (Å²) >= 11 is 0. The SMILES string of the molecule is CN(Cc1ccco1)C(=O)COC(=O)CCNS(=O)(=O)c1ccc2ccccc2c1. The van der Waals surface area contributed by atoms with E-state index in [1.54, 1.807) is 31.3 Å². The van der Waals surface area contributed by atoms with Crippen molar-refractivity contribution in [3.8, 4) is 0 Å². The molecule has 0 unspecified atom stereocenters. The molecular weight excluding hydrogens is 408 g/mol. The Balaban J connectivity index is 1.44. The highest BCUT2D eigenvalue weighted by Gasteiger charge is 2.16. The number of rotatable bonds is 9. The van der Waals surface area contributed by atoms with Gasteiger partial charge < -0.3 is 14.1 Å². The van der Waals surface area contributed by atoms with Gasteiger partial charge in [0.2, 0.25) is 10.0 Å². The number of sulfonamides is 1. The van der Waals surface area contributed by atoms with Crippen molar-refractivity contribution < 1.29 is 27.2 Å². The average molecular weight is 430 g/mol. The summed E-state index contributed by atoms with van der Waals surface area (Å²) in [6, 6.07) is 15.7. The smallest absolute Gasteiger partial charge is 0.307 e. The van der Waals surface area contributed by atoms with E-state index < -0.39 is 28.5 Å². The van der Waals surface area contributed by atoms with Gasteiger partial charge in [-0.25, -0.2) is 13.1 Å². The molecule has 2 aromatic carbocycles. The van der Waals surface area contributed by atoms with Crippen LogP contribution in [-0.4, -0.2) is 45.4 Å². The lowest BCUT2D eigenvalue weighted by Crippen LogP contribution is -2.31. The summed E-state index contributed by atoms with van der Waals surface area (Å²) in [5, 5.41) is 1.73. The zero-order valence-corrected chi connectivity index (χ0v) is 17.2. The molecule has 9 heteroatoms. The first-order valence-corrected chi connectivity index (χ1v) is 10.7. The molecule has 0 saturated carbocycles. The maximum Gasteiger partial charge on any atom is 0.307 e. The molecule has 1 heterocycles. The van der Waals surface area contributed by atoms with Crippen LogP contribution in [0.3, 0.4) is 0 Å². The number of fused-ring (bicyclic) bond motifs is 1. The Morgan fingerprint density at radius 1 is 1.07 bits per heavy atom. The fourth-order valence-electron chi connectivity index (χ4n) is 2.75. The second-order valence-corrected chi connectivity index (χ2v) is 8.41. The number of carbonyl (C=O) groups is 2. The summed E-state index contributed by atoms with van der Waals surface area (Å²) < 4.78 is 37.3. The molecule has 0 spiro atoms. The van der Waals surface area contributed by atoms with E-state index in [-0.39, 0.29) is 24.4 Å². The Bertz CT molecular complexity index is 1130.